The Morgan fingerprint density at radius 3 is 2.54 bits per heavy atom. The van der Waals surface area contributed by atoms with Gasteiger partial charge in [0.25, 0.3) is 0 Å². The van der Waals surface area contributed by atoms with Crippen molar-refractivity contribution in [1.29, 1.82) is 0 Å². The van der Waals surface area contributed by atoms with E-state index in [2.05, 4.69) is 23.1 Å². The molecule has 0 aromatic heterocycles. The first-order valence-electron chi connectivity index (χ1n) is 4.41. The summed E-state index contributed by atoms with van der Waals surface area (Å²) in [4.78, 5) is 6.31. The first-order chi connectivity index (χ1) is 6.20. The third-order valence-corrected chi connectivity index (χ3v) is 1.81. The molecule has 0 spiro atoms. The van der Waals surface area contributed by atoms with Gasteiger partial charge in [0.2, 0.25) is 0 Å². The van der Waals surface area contributed by atoms with E-state index in [1.807, 2.05) is 6.92 Å². The van der Waals surface area contributed by atoms with Gasteiger partial charge in [-0.15, -0.1) is 0 Å². The van der Waals surface area contributed by atoms with Gasteiger partial charge in [-0.05, 0) is 12.5 Å². The second-order valence-corrected chi connectivity index (χ2v) is 3.12. The number of nitrogens with zero attached hydrogens (tertiary/aromatic N) is 2. The summed E-state index contributed by atoms with van der Waals surface area (Å²) in [5, 5.41) is 0. The van der Waals surface area contributed by atoms with Crippen LogP contribution < -0.4 is 0 Å². The molecular formula is C10H16N2O. The maximum atomic E-state index is 5.22. The van der Waals surface area contributed by atoms with Crippen LogP contribution in [0.4, 0.5) is 0 Å². The van der Waals surface area contributed by atoms with Gasteiger partial charge in [0.1, 0.15) is 5.82 Å². The van der Waals surface area contributed by atoms with Crippen molar-refractivity contribution < 1.29 is 4.74 Å². The lowest BCUT2D eigenvalue weighted by Gasteiger charge is -2.27. The van der Waals surface area contributed by atoms with E-state index in [9.17, 15) is 0 Å². The third kappa shape index (κ3) is 3.42. The summed E-state index contributed by atoms with van der Waals surface area (Å²) < 4.78 is 5.22. The number of hydrogen-bond donors (Lipinski definition) is 0. The minimum absolute atomic E-state index is 0.765. The van der Waals surface area contributed by atoms with Crippen LogP contribution >= 0.6 is 0 Å². The molecule has 1 aliphatic heterocycles. The highest BCUT2D eigenvalue weighted by Crippen LogP contribution is 2.06. The molecular weight excluding hydrogens is 164 g/mol. The van der Waals surface area contributed by atoms with Gasteiger partial charge in [0, 0.05) is 19.3 Å². The Morgan fingerprint density at radius 2 is 2.00 bits per heavy atom. The molecule has 0 saturated carbocycles. The van der Waals surface area contributed by atoms with Crippen LogP contribution in [-0.4, -0.2) is 37.4 Å². The van der Waals surface area contributed by atoms with Gasteiger partial charge in [-0.25, -0.2) is 4.99 Å². The summed E-state index contributed by atoms with van der Waals surface area (Å²) in [6, 6.07) is 0. The lowest BCUT2D eigenvalue weighted by Crippen LogP contribution is -2.34. The van der Waals surface area contributed by atoms with Crippen LogP contribution in [0.25, 0.3) is 0 Å². The molecule has 0 atom stereocenters. The number of ether oxygens (including phenoxy) is 1. The zero-order chi connectivity index (χ0) is 9.68. The topological polar surface area (TPSA) is 24.8 Å². The molecule has 0 aromatic rings. The Hall–Kier alpha value is -1.09. The van der Waals surface area contributed by atoms with Crippen molar-refractivity contribution in [3.05, 3.63) is 24.6 Å². The van der Waals surface area contributed by atoms with E-state index in [-0.39, 0.29) is 0 Å². The quantitative estimate of drug-likeness (QED) is 0.614. The number of rotatable bonds is 3. The average Bonchev–Trinajstić information content (AvgIpc) is 2.15. The highest BCUT2D eigenvalue weighted by atomic mass is 16.5. The Kier molecular flexibility index (Phi) is 3.71. The predicted octanol–water partition coefficient (Wildman–Crippen LogP) is 1.44. The highest BCUT2D eigenvalue weighted by molar-refractivity contribution is 5.77. The van der Waals surface area contributed by atoms with Gasteiger partial charge in [0.05, 0.1) is 13.2 Å². The van der Waals surface area contributed by atoms with Gasteiger partial charge in [0.15, 0.2) is 0 Å². The van der Waals surface area contributed by atoms with Gasteiger partial charge in [-0.3, -0.25) is 0 Å². The molecule has 1 fully saturated rings. The molecule has 0 N–H and O–H groups in total. The minimum atomic E-state index is 0.765. The summed E-state index contributed by atoms with van der Waals surface area (Å²) in [6.45, 7) is 12.8. The van der Waals surface area contributed by atoms with E-state index in [0.29, 0.717) is 0 Å². The smallest absolute Gasteiger partial charge is 0.121 e. The van der Waals surface area contributed by atoms with Crippen LogP contribution in [0, 0.1) is 0 Å². The normalized spacial score (nSPS) is 17.8. The van der Waals surface area contributed by atoms with Crippen LogP contribution in [0.5, 0.6) is 0 Å². The molecule has 13 heavy (non-hydrogen) atoms. The van der Waals surface area contributed by atoms with Crippen LogP contribution in [0.15, 0.2) is 29.5 Å². The van der Waals surface area contributed by atoms with E-state index in [4.69, 9.17) is 4.74 Å². The first kappa shape index (κ1) is 9.99. The third-order valence-electron chi connectivity index (χ3n) is 1.81. The summed E-state index contributed by atoms with van der Waals surface area (Å²) in [7, 11) is 0. The van der Waals surface area contributed by atoms with Crippen molar-refractivity contribution in [2.45, 2.75) is 6.92 Å². The second-order valence-electron chi connectivity index (χ2n) is 3.12. The average molecular weight is 180 g/mol. The lowest BCUT2D eigenvalue weighted by atomic mass is 10.4. The molecule has 3 heteroatoms. The lowest BCUT2D eigenvalue weighted by molar-refractivity contribution is 0.0534. The zero-order valence-corrected chi connectivity index (χ0v) is 8.12. The molecule has 0 amide bonds. The molecule has 0 unspecified atom stereocenters. The van der Waals surface area contributed by atoms with E-state index in [1.165, 1.54) is 0 Å². The predicted molar refractivity (Wildman–Crippen MR) is 54.8 cm³/mol. The van der Waals surface area contributed by atoms with Crippen molar-refractivity contribution in [2.24, 2.45) is 4.99 Å². The maximum Gasteiger partial charge on any atom is 0.121 e. The second kappa shape index (κ2) is 4.82. The Bertz CT molecular complexity index is 227. The van der Waals surface area contributed by atoms with Gasteiger partial charge < -0.3 is 9.64 Å². The zero-order valence-electron chi connectivity index (χ0n) is 8.12. The SMILES string of the molecule is C=C(C)C=NC(=C)N1CCOCC1. The number of hydrogen-bond acceptors (Lipinski definition) is 3. The number of allylic oxidation sites excluding steroid dienone is 1. The van der Waals surface area contributed by atoms with Crippen LogP contribution in [0.2, 0.25) is 0 Å². The molecule has 0 bridgehead atoms. The fraction of sp³-hybridized carbons (Fsp3) is 0.500. The summed E-state index contributed by atoms with van der Waals surface area (Å²) >= 11 is 0. The van der Waals surface area contributed by atoms with Crippen LogP contribution in [0.3, 0.4) is 0 Å². The van der Waals surface area contributed by atoms with Gasteiger partial charge >= 0.3 is 0 Å². The molecule has 0 radical (unpaired) electrons. The number of aliphatic imine (C=N–C) groups is 1. The van der Waals surface area contributed by atoms with Crippen LogP contribution in [0.1, 0.15) is 6.92 Å². The standard InChI is InChI=1S/C10H16N2O/c1-9(2)8-11-10(3)12-4-6-13-7-5-12/h8H,1,3-7H2,2H3. The van der Waals surface area contributed by atoms with E-state index in [1.54, 1.807) is 6.21 Å². The summed E-state index contributed by atoms with van der Waals surface area (Å²) in [5.74, 6) is 0.798. The van der Waals surface area contributed by atoms with Crippen LogP contribution in [-0.2, 0) is 4.74 Å². The molecule has 72 valence electrons. The Labute approximate surface area is 79.4 Å². The van der Waals surface area contributed by atoms with Crippen molar-refractivity contribution in [3.8, 4) is 0 Å². The molecule has 3 nitrogen and oxygen atoms in total. The first-order valence-corrected chi connectivity index (χ1v) is 4.41. The monoisotopic (exact) mass is 180 g/mol. The molecule has 0 aromatic carbocycles. The Morgan fingerprint density at radius 1 is 1.38 bits per heavy atom. The van der Waals surface area contributed by atoms with E-state index >= 15 is 0 Å². The molecule has 1 heterocycles. The summed E-state index contributed by atoms with van der Waals surface area (Å²) in [5.41, 5.74) is 0.939. The maximum absolute atomic E-state index is 5.22. The minimum Gasteiger partial charge on any atom is -0.378 e. The van der Waals surface area contributed by atoms with Crippen molar-refractivity contribution in [2.75, 3.05) is 26.3 Å². The van der Waals surface area contributed by atoms with Crippen molar-refractivity contribution >= 4 is 6.21 Å². The largest absolute Gasteiger partial charge is 0.378 e. The van der Waals surface area contributed by atoms with Gasteiger partial charge in [-0.1, -0.05) is 13.2 Å². The fourth-order valence-corrected chi connectivity index (χ4v) is 1.09. The number of morpholine rings is 1. The summed E-state index contributed by atoms with van der Waals surface area (Å²) in [6.07, 6.45) is 1.73. The fourth-order valence-electron chi connectivity index (χ4n) is 1.09. The molecule has 1 aliphatic rings. The highest BCUT2D eigenvalue weighted by Gasteiger charge is 2.10. The molecule has 0 aliphatic carbocycles. The van der Waals surface area contributed by atoms with E-state index < -0.39 is 0 Å². The molecule has 1 saturated heterocycles. The van der Waals surface area contributed by atoms with Crippen molar-refractivity contribution in [3.63, 3.8) is 0 Å². The van der Waals surface area contributed by atoms with Crippen molar-refractivity contribution in [1.82, 2.24) is 4.90 Å². The van der Waals surface area contributed by atoms with E-state index in [0.717, 1.165) is 37.7 Å². The van der Waals surface area contributed by atoms with Gasteiger partial charge in [-0.2, -0.15) is 0 Å². The Balaban J connectivity index is 2.41. The molecule has 1 rings (SSSR count).